The Labute approximate surface area is 98.1 Å². The molecule has 0 aromatic heterocycles. The monoisotopic (exact) mass is 228 g/mol. The lowest BCUT2D eigenvalue weighted by molar-refractivity contribution is -0.121. The van der Waals surface area contributed by atoms with Crippen LogP contribution in [0.1, 0.15) is 33.1 Å². The molecule has 2 N–H and O–H groups in total. The van der Waals surface area contributed by atoms with E-state index in [4.69, 9.17) is 4.74 Å². The lowest BCUT2D eigenvalue weighted by Crippen LogP contribution is -2.35. The summed E-state index contributed by atoms with van der Waals surface area (Å²) >= 11 is 0. The molecule has 4 nitrogen and oxygen atoms in total. The standard InChI is InChI=1S/C12H24N2O2/c1-3-13-10(2)8-12(15)14-6-7-16-9-11-4-5-11/h10-11,13H,3-9H2,1-2H3,(H,14,15). The Balaban J connectivity index is 1.88. The fourth-order valence-corrected chi connectivity index (χ4v) is 1.57. The van der Waals surface area contributed by atoms with E-state index >= 15 is 0 Å². The summed E-state index contributed by atoms with van der Waals surface area (Å²) in [7, 11) is 0. The van der Waals surface area contributed by atoms with Crippen molar-refractivity contribution in [1.82, 2.24) is 10.6 Å². The van der Waals surface area contributed by atoms with Gasteiger partial charge in [-0.2, -0.15) is 0 Å². The number of carbonyl (C=O) groups is 1. The van der Waals surface area contributed by atoms with Gasteiger partial charge in [-0.25, -0.2) is 0 Å². The Morgan fingerprint density at radius 1 is 1.50 bits per heavy atom. The van der Waals surface area contributed by atoms with E-state index in [0.717, 1.165) is 19.1 Å². The van der Waals surface area contributed by atoms with Crippen LogP contribution in [0.2, 0.25) is 0 Å². The number of rotatable bonds is 9. The second-order valence-electron chi connectivity index (χ2n) is 4.53. The van der Waals surface area contributed by atoms with Gasteiger partial charge >= 0.3 is 0 Å². The highest BCUT2D eigenvalue weighted by molar-refractivity contribution is 5.76. The highest BCUT2D eigenvalue weighted by atomic mass is 16.5. The summed E-state index contributed by atoms with van der Waals surface area (Å²) in [6.45, 7) is 7.09. The van der Waals surface area contributed by atoms with Gasteiger partial charge in [0.1, 0.15) is 0 Å². The van der Waals surface area contributed by atoms with Gasteiger partial charge in [-0.15, -0.1) is 0 Å². The normalized spacial score (nSPS) is 17.1. The first-order valence-electron chi connectivity index (χ1n) is 6.30. The fraction of sp³-hybridized carbons (Fsp3) is 0.917. The molecule has 0 saturated heterocycles. The van der Waals surface area contributed by atoms with E-state index in [-0.39, 0.29) is 11.9 Å². The van der Waals surface area contributed by atoms with Gasteiger partial charge in [-0.3, -0.25) is 4.79 Å². The van der Waals surface area contributed by atoms with Gasteiger partial charge in [-0.1, -0.05) is 6.92 Å². The Kier molecular flexibility index (Phi) is 6.42. The number of amides is 1. The first-order valence-corrected chi connectivity index (χ1v) is 6.30. The number of ether oxygens (including phenoxy) is 1. The van der Waals surface area contributed by atoms with Crippen molar-refractivity contribution in [2.75, 3.05) is 26.3 Å². The Morgan fingerprint density at radius 2 is 2.25 bits per heavy atom. The molecule has 16 heavy (non-hydrogen) atoms. The summed E-state index contributed by atoms with van der Waals surface area (Å²) in [6, 6.07) is 0.248. The molecule has 0 radical (unpaired) electrons. The van der Waals surface area contributed by atoms with E-state index in [0.29, 0.717) is 19.6 Å². The molecule has 4 heteroatoms. The highest BCUT2D eigenvalue weighted by Crippen LogP contribution is 2.28. The summed E-state index contributed by atoms with van der Waals surface area (Å²) in [4.78, 5) is 11.4. The summed E-state index contributed by atoms with van der Waals surface area (Å²) in [5, 5.41) is 6.07. The molecule has 1 unspecified atom stereocenters. The highest BCUT2D eigenvalue weighted by Gasteiger charge is 2.20. The molecule has 1 fully saturated rings. The van der Waals surface area contributed by atoms with Gasteiger partial charge in [-0.05, 0) is 32.2 Å². The van der Waals surface area contributed by atoms with E-state index in [2.05, 4.69) is 10.6 Å². The van der Waals surface area contributed by atoms with E-state index in [1.807, 2.05) is 13.8 Å². The largest absolute Gasteiger partial charge is 0.379 e. The maximum absolute atomic E-state index is 11.4. The second kappa shape index (κ2) is 7.63. The molecule has 1 saturated carbocycles. The van der Waals surface area contributed by atoms with Crippen molar-refractivity contribution in [3.05, 3.63) is 0 Å². The van der Waals surface area contributed by atoms with Gasteiger partial charge < -0.3 is 15.4 Å². The minimum absolute atomic E-state index is 0.100. The van der Waals surface area contributed by atoms with Gasteiger partial charge in [0.15, 0.2) is 0 Å². The van der Waals surface area contributed by atoms with Crippen molar-refractivity contribution in [1.29, 1.82) is 0 Å². The molecule has 94 valence electrons. The van der Waals surface area contributed by atoms with Gasteiger partial charge in [0, 0.05) is 25.6 Å². The predicted octanol–water partition coefficient (Wildman–Crippen LogP) is 0.917. The van der Waals surface area contributed by atoms with Crippen molar-refractivity contribution in [3.8, 4) is 0 Å². The third kappa shape index (κ3) is 6.80. The molecule has 0 aromatic carbocycles. The summed E-state index contributed by atoms with van der Waals surface area (Å²) < 4.78 is 5.43. The maximum atomic E-state index is 11.4. The quantitative estimate of drug-likeness (QED) is 0.577. The van der Waals surface area contributed by atoms with Crippen LogP contribution in [0.5, 0.6) is 0 Å². The number of hydrogen-bond donors (Lipinski definition) is 2. The van der Waals surface area contributed by atoms with Gasteiger partial charge in [0.25, 0.3) is 0 Å². The molecule has 1 rings (SSSR count). The third-order valence-electron chi connectivity index (χ3n) is 2.66. The van der Waals surface area contributed by atoms with Crippen molar-refractivity contribution >= 4 is 5.91 Å². The zero-order valence-electron chi connectivity index (χ0n) is 10.4. The molecule has 1 amide bonds. The molecule has 0 aromatic rings. The van der Waals surface area contributed by atoms with Crippen molar-refractivity contribution < 1.29 is 9.53 Å². The number of carbonyl (C=O) groups excluding carboxylic acids is 1. The zero-order chi connectivity index (χ0) is 11.8. The average molecular weight is 228 g/mol. The summed E-state index contributed by atoms with van der Waals surface area (Å²) in [6.07, 6.45) is 3.16. The molecule has 0 spiro atoms. The molecule has 0 heterocycles. The van der Waals surface area contributed by atoms with Crippen LogP contribution in [0.4, 0.5) is 0 Å². The smallest absolute Gasteiger partial charge is 0.221 e. The minimum atomic E-state index is 0.100. The Bertz CT molecular complexity index is 205. The van der Waals surface area contributed by atoms with Crippen LogP contribution in [0.3, 0.4) is 0 Å². The van der Waals surface area contributed by atoms with Gasteiger partial charge in [0.2, 0.25) is 5.91 Å². The van der Waals surface area contributed by atoms with Gasteiger partial charge in [0.05, 0.1) is 6.61 Å². The first-order chi connectivity index (χ1) is 7.72. The molecular weight excluding hydrogens is 204 g/mol. The summed E-state index contributed by atoms with van der Waals surface area (Å²) in [5.74, 6) is 0.896. The van der Waals surface area contributed by atoms with Crippen LogP contribution in [0.15, 0.2) is 0 Å². The average Bonchev–Trinajstić information content (AvgIpc) is 3.01. The molecular formula is C12H24N2O2. The zero-order valence-corrected chi connectivity index (χ0v) is 10.4. The second-order valence-corrected chi connectivity index (χ2v) is 4.53. The van der Waals surface area contributed by atoms with Crippen LogP contribution in [0, 0.1) is 5.92 Å². The minimum Gasteiger partial charge on any atom is -0.379 e. The molecule has 1 atom stereocenters. The summed E-state index contributed by atoms with van der Waals surface area (Å²) in [5.41, 5.74) is 0. The SMILES string of the molecule is CCNC(C)CC(=O)NCCOCC1CC1. The van der Waals surface area contributed by atoms with Crippen LogP contribution in [-0.4, -0.2) is 38.3 Å². The lowest BCUT2D eigenvalue weighted by Gasteiger charge is -2.12. The van der Waals surface area contributed by atoms with Crippen molar-refractivity contribution in [3.63, 3.8) is 0 Å². The Hall–Kier alpha value is -0.610. The van der Waals surface area contributed by atoms with Crippen LogP contribution >= 0.6 is 0 Å². The van der Waals surface area contributed by atoms with E-state index in [1.165, 1.54) is 12.8 Å². The van der Waals surface area contributed by atoms with Crippen LogP contribution in [0.25, 0.3) is 0 Å². The van der Waals surface area contributed by atoms with E-state index in [1.54, 1.807) is 0 Å². The predicted molar refractivity (Wildman–Crippen MR) is 64.3 cm³/mol. The van der Waals surface area contributed by atoms with Crippen LogP contribution < -0.4 is 10.6 Å². The first kappa shape index (κ1) is 13.5. The third-order valence-corrected chi connectivity index (χ3v) is 2.66. The topological polar surface area (TPSA) is 50.4 Å². The molecule has 1 aliphatic rings. The van der Waals surface area contributed by atoms with E-state index in [9.17, 15) is 4.79 Å². The molecule has 0 bridgehead atoms. The Morgan fingerprint density at radius 3 is 2.88 bits per heavy atom. The van der Waals surface area contributed by atoms with Crippen molar-refractivity contribution in [2.24, 2.45) is 5.92 Å². The van der Waals surface area contributed by atoms with Crippen LogP contribution in [-0.2, 0) is 9.53 Å². The van der Waals surface area contributed by atoms with Crippen molar-refractivity contribution in [2.45, 2.75) is 39.2 Å². The molecule has 0 aliphatic heterocycles. The number of hydrogen-bond acceptors (Lipinski definition) is 3. The number of nitrogens with one attached hydrogen (secondary N) is 2. The molecule has 1 aliphatic carbocycles. The fourth-order valence-electron chi connectivity index (χ4n) is 1.57. The maximum Gasteiger partial charge on any atom is 0.221 e. The van der Waals surface area contributed by atoms with E-state index < -0.39 is 0 Å². The lowest BCUT2D eigenvalue weighted by atomic mass is 10.2.